The van der Waals surface area contributed by atoms with Crippen molar-refractivity contribution in [1.29, 1.82) is 0 Å². The molecule has 9 heteroatoms. The van der Waals surface area contributed by atoms with Crippen LogP contribution in [0.3, 0.4) is 0 Å². The molecule has 0 unspecified atom stereocenters. The summed E-state index contributed by atoms with van der Waals surface area (Å²) in [6.07, 6.45) is 4.08. The Labute approximate surface area is 210 Å². The van der Waals surface area contributed by atoms with E-state index in [9.17, 15) is 9.59 Å². The van der Waals surface area contributed by atoms with Crippen molar-refractivity contribution in [2.45, 2.75) is 38.1 Å². The van der Waals surface area contributed by atoms with Gasteiger partial charge in [0, 0.05) is 44.4 Å². The van der Waals surface area contributed by atoms with Crippen molar-refractivity contribution in [2.24, 2.45) is 7.05 Å². The Bertz CT molecular complexity index is 1300. The molecule has 1 saturated carbocycles. The van der Waals surface area contributed by atoms with E-state index in [0.717, 1.165) is 29.7 Å². The van der Waals surface area contributed by atoms with E-state index in [2.05, 4.69) is 9.88 Å². The molecule has 190 valence electrons. The highest BCUT2D eigenvalue weighted by Gasteiger charge is 2.29. The van der Waals surface area contributed by atoms with Crippen LogP contribution in [0.2, 0.25) is 0 Å². The molecule has 0 bridgehead atoms. The molecule has 2 heterocycles. The average Bonchev–Trinajstić information content (AvgIpc) is 3.13. The van der Waals surface area contributed by atoms with Gasteiger partial charge < -0.3 is 29.0 Å². The van der Waals surface area contributed by atoms with Crippen molar-refractivity contribution < 1.29 is 23.8 Å². The second kappa shape index (κ2) is 10.2. The number of imidazole rings is 1. The summed E-state index contributed by atoms with van der Waals surface area (Å²) in [5, 5.41) is 2.85. The molecule has 2 aromatic carbocycles. The predicted molar refractivity (Wildman–Crippen MR) is 136 cm³/mol. The number of anilines is 1. The lowest BCUT2D eigenvalue weighted by Crippen LogP contribution is -2.34. The Kier molecular flexibility index (Phi) is 6.82. The highest BCUT2D eigenvalue weighted by atomic mass is 16.5. The smallest absolute Gasteiger partial charge is 0.256 e. The summed E-state index contributed by atoms with van der Waals surface area (Å²) < 4.78 is 18.5. The second-order valence-corrected chi connectivity index (χ2v) is 9.41. The number of rotatable bonds is 6. The first kappa shape index (κ1) is 24.1. The van der Waals surface area contributed by atoms with E-state index in [0.29, 0.717) is 60.3 Å². The van der Waals surface area contributed by atoms with Gasteiger partial charge in [-0.2, -0.15) is 0 Å². The third-order valence-corrected chi connectivity index (χ3v) is 7.01. The number of aryl methyl sites for hydroxylation is 1. The van der Waals surface area contributed by atoms with Crippen LogP contribution in [0.15, 0.2) is 30.3 Å². The summed E-state index contributed by atoms with van der Waals surface area (Å²) in [5.74, 6) is 2.33. The summed E-state index contributed by atoms with van der Waals surface area (Å²) in [6.45, 7) is 1.35. The van der Waals surface area contributed by atoms with Crippen LogP contribution >= 0.6 is 0 Å². The minimum Gasteiger partial charge on any atom is -0.493 e. The molecule has 1 aromatic heterocycles. The highest BCUT2D eigenvalue weighted by Crippen LogP contribution is 2.38. The van der Waals surface area contributed by atoms with E-state index >= 15 is 0 Å². The average molecular weight is 493 g/mol. The largest absolute Gasteiger partial charge is 0.493 e. The van der Waals surface area contributed by atoms with E-state index in [1.54, 1.807) is 13.2 Å². The first-order valence-corrected chi connectivity index (χ1v) is 12.4. The van der Waals surface area contributed by atoms with Crippen LogP contribution < -0.4 is 14.8 Å². The second-order valence-electron chi connectivity index (χ2n) is 9.41. The minimum atomic E-state index is -0.283. The third-order valence-electron chi connectivity index (χ3n) is 7.01. The fraction of sp³-hybridized carbons (Fsp3) is 0.444. The SMILES string of the molecule is COCC(=O)Nc1cc(C(=O)N2CCCOc3c(cccc3OC)C2)c2c(c1)nc(C1CCC1)n2C. The first-order chi connectivity index (χ1) is 17.5. The quantitative estimate of drug-likeness (QED) is 0.562. The van der Waals surface area contributed by atoms with Crippen LogP contribution in [-0.2, 0) is 23.1 Å². The topological polar surface area (TPSA) is 94.9 Å². The zero-order valence-corrected chi connectivity index (χ0v) is 21.0. The van der Waals surface area contributed by atoms with Gasteiger partial charge in [-0.05, 0) is 37.5 Å². The summed E-state index contributed by atoms with van der Waals surface area (Å²) in [7, 11) is 5.06. The maximum absolute atomic E-state index is 14.1. The van der Waals surface area contributed by atoms with E-state index < -0.39 is 0 Å². The van der Waals surface area contributed by atoms with Crippen molar-refractivity contribution >= 4 is 28.5 Å². The number of hydrogen-bond donors (Lipinski definition) is 1. The lowest BCUT2D eigenvalue weighted by molar-refractivity contribution is -0.119. The molecular formula is C27H32N4O5. The van der Waals surface area contributed by atoms with Crippen LogP contribution in [0.4, 0.5) is 5.69 Å². The van der Waals surface area contributed by atoms with Gasteiger partial charge in [-0.25, -0.2) is 4.98 Å². The molecule has 1 aliphatic heterocycles. The number of hydrogen-bond acceptors (Lipinski definition) is 6. The van der Waals surface area contributed by atoms with E-state index in [4.69, 9.17) is 19.2 Å². The number of carbonyl (C=O) groups is 2. The van der Waals surface area contributed by atoms with Gasteiger partial charge in [0.25, 0.3) is 5.91 Å². The van der Waals surface area contributed by atoms with Crippen molar-refractivity contribution in [3.05, 3.63) is 47.3 Å². The number of carbonyl (C=O) groups excluding carboxylic acids is 2. The lowest BCUT2D eigenvalue weighted by Gasteiger charge is -2.28. The third kappa shape index (κ3) is 4.51. The van der Waals surface area contributed by atoms with Gasteiger partial charge in [0.1, 0.15) is 12.4 Å². The molecule has 2 amide bonds. The molecule has 0 radical (unpaired) electrons. The maximum Gasteiger partial charge on any atom is 0.256 e. The number of nitrogens with one attached hydrogen (secondary N) is 1. The number of amides is 2. The highest BCUT2D eigenvalue weighted by molar-refractivity contribution is 6.07. The molecule has 0 atom stereocenters. The summed E-state index contributed by atoms with van der Waals surface area (Å²) in [6, 6.07) is 9.32. The van der Waals surface area contributed by atoms with Crippen LogP contribution in [0.5, 0.6) is 11.5 Å². The molecule has 5 rings (SSSR count). The number of nitrogens with zero attached hydrogens (tertiary/aromatic N) is 3. The summed E-state index contributed by atoms with van der Waals surface area (Å²) in [4.78, 5) is 33.1. The standard InChI is InChI=1S/C27H32N4O5/c1-30-24-20(27(33)31-11-6-12-36-25-18(15-31)9-5-10-22(25)35-3)13-19(28-23(32)16-34-2)14-21(24)29-26(30)17-7-4-8-17/h5,9-10,13-14,17H,4,6-8,11-12,15-16H2,1-3H3,(H,28,32). The fourth-order valence-electron chi connectivity index (χ4n) is 5.03. The molecule has 1 aliphatic carbocycles. The molecule has 9 nitrogen and oxygen atoms in total. The molecule has 0 saturated heterocycles. The van der Waals surface area contributed by atoms with Crippen molar-refractivity contribution in [3.8, 4) is 11.5 Å². The summed E-state index contributed by atoms with van der Waals surface area (Å²) >= 11 is 0. The zero-order chi connectivity index (χ0) is 25.2. The fourth-order valence-corrected chi connectivity index (χ4v) is 5.03. The Balaban J connectivity index is 1.56. The van der Waals surface area contributed by atoms with Crippen LogP contribution in [-0.4, -0.2) is 60.2 Å². The number of para-hydroxylation sites is 1. The van der Waals surface area contributed by atoms with Gasteiger partial charge in [0.05, 0.1) is 30.3 Å². The van der Waals surface area contributed by atoms with Crippen LogP contribution in [0, 0.1) is 0 Å². The number of methoxy groups -OCH3 is 2. The number of ether oxygens (including phenoxy) is 3. The normalized spacial score (nSPS) is 15.9. The molecule has 0 spiro atoms. The van der Waals surface area contributed by atoms with E-state index in [1.165, 1.54) is 13.5 Å². The van der Waals surface area contributed by atoms with Crippen molar-refractivity contribution in [1.82, 2.24) is 14.5 Å². The minimum absolute atomic E-state index is 0.0679. The van der Waals surface area contributed by atoms with Crippen LogP contribution in [0.1, 0.15) is 53.3 Å². The predicted octanol–water partition coefficient (Wildman–Crippen LogP) is 3.86. The molecular weight excluding hydrogens is 460 g/mol. The Morgan fingerprint density at radius 2 is 2.03 bits per heavy atom. The number of aromatic nitrogens is 2. The molecule has 36 heavy (non-hydrogen) atoms. The summed E-state index contributed by atoms with van der Waals surface area (Å²) in [5.41, 5.74) is 3.44. The van der Waals surface area contributed by atoms with Gasteiger partial charge in [-0.15, -0.1) is 0 Å². The number of benzene rings is 2. The first-order valence-electron chi connectivity index (χ1n) is 12.4. The van der Waals surface area contributed by atoms with E-state index in [1.807, 2.05) is 36.2 Å². The van der Waals surface area contributed by atoms with Crippen molar-refractivity contribution in [3.63, 3.8) is 0 Å². The lowest BCUT2D eigenvalue weighted by atomic mass is 9.85. The molecule has 1 N–H and O–H groups in total. The van der Waals surface area contributed by atoms with Gasteiger partial charge in [-0.1, -0.05) is 18.6 Å². The Morgan fingerprint density at radius 3 is 2.75 bits per heavy atom. The monoisotopic (exact) mass is 492 g/mol. The van der Waals surface area contributed by atoms with Gasteiger partial charge >= 0.3 is 0 Å². The molecule has 3 aromatic rings. The Morgan fingerprint density at radius 1 is 1.19 bits per heavy atom. The molecule has 1 fully saturated rings. The van der Waals surface area contributed by atoms with Crippen molar-refractivity contribution in [2.75, 3.05) is 39.3 Å². The van der Waals surface area contributed by atoms with E-state index in [-0.39, 0.29) is 18.4 Å². The van der Waals surface area contributed by atoms with Gasteiger partial charge in [-0.3, -0.25) is 9.59 Å². The molecule has 2 aliphatic rings. The zero-order valence-electron chi connectivity index (χ0n) is 21.0. The Hall–Kier alpha value is -3.59. The van der Waals surface area contributed by atoms with Gasteiger partial charge in [0.2, 0.25) is 5.91 Å². The van der Waals surface area contributed by atoms with Crippen LogP contribution in [0.25, 0.3) is 11.0 Å². The van der Waals surface area contributed by atoms with Gasteiger partial charge in [0.15, 0.2) is 11.5 Å². The maximum atomic E-state index is 14.1. The number of fused-ring (bicyclic) bond motifs is 2.